The maximum Gasteiger partial charge on any atom is 0.472 e. The molecule has 0 aromatic carbocycles. The van der Waals surface area contributed by atoms with Crippen LogP contribution in [-0.2, 0) is 63.2 Å². The summed E-state index contributed by atoms with van der Waals surface area (Å²) in [6.45, 7) is 11.1. The van der Waals surface area contributed by atoms with Crippen molar-refractivity contribution >= 4 is 25.7 Å². The van der Waals surface area contributed by atoms with E-state index in [4.69, 9.17) is 33.7 Å². The Morgan fingerprint density at radius 3 is 1.40 bits per heavy atom. The number of carbonyl (C=O) groups is 3. The van der Waals surface area contributed by atoms with Gasteiger partial charge in [0.2, 0.25) is 0 Å². The molecule has 0 saturated carbocycles. The number of furan rings is 2. The largest absolute Gasteiger partial charge is 0.480 e. The summed E-state index contributed by atoms with van der Waals surface area (Å²) < 4.78 is 45.0. The van der Waals surface area contributed by atoms with Gasteiger partial charge in [0.1, 0.15) is 35.7 Å². The minimum absolute atomic E-state index is 0.133. The zero-order valence-corrected chi connectivity index (χ0v) is 37.2. The molecular formula is C44H74NO12P. The molecule has 2 aromatic rings. The second-order valence-corrected chi connectivity index (χ2v) is 17.1. The SMILES string of the molecule is CCCc1oc(CCCCCCCCCCC(=O)OC(COC(=O)CCCCCCCCc2oc(CCC)c(C)c2C)COP(=O)(O)OCC(N)C(=O)O)c(C)c1C. The summed E-state index contributed by atoms with van der Waals surface area (Å²) >= 11 is 0. The van der Waals surface area contributed by atoms with Crippen LogP contribution in [0.4, 0.5) is 0 Å². The fourth-order valence-electron chi connectivity index (χ4n) is 6.81. The molecule has 2 aromatic heterocycles. The van der Waals surface area contributed by atoms with Crippen LogP contribution in [0.15, 0.2) is 8.83 Å². The lowest BCUT2D eigenvalue weighted by Gasteiger charge is -2.20. The van der Waals surface area contributed by atoms with Gasteiger partial charge < -0.3 is 34.0 Å². The van der Waals surface area contributed by atoms with E-state index in [2.05, 4.69) is 46.1 Å². The molecule has 13 nitrogen and oxygen atoms in total. The Hall–Kier alpha value is -2.96. The number of unbranched alkanes of at least 4 members (excludes halogenated alkanes) is 12. The van der Waals surface area contributed by atoms with E-state index in [1.165, 1.54) is 22.3 Å². The molecule has 332 valence electrons. The molecule has 0 radical (unpaired) electrons. The van der Waals surface area contributed by atoms with Gasteiger partial charge in [-0.1, -0.05) is 78.1 Å². The second kappa shape index (κ2) is 28.5. The summed E-state index contributed by atoms with van der Waals surface area (Å²) in [5.41, 5.74) is 10.5. The van der Waals surface area contributed by atoms with Crippen LogP contribution in [0.5, 0.6) is 0 Å². The highest BCUT2D eigenvalue weighted by Crippen LogP contribution is 2.43. The summed E-state index contributed by atoms with van der Waals surface area (Å²) in [6.07, 6.45) is 18.9. The highest BCUT2D eigenvalue weighted by molar-refractivity contribution is 7.47. The molecule has 2 rings (SSSR count). The van der Waals surface area contributed by atoms with Crippen molar-refractivity contribution in [2.45, 2.75) is 195 Å². The average molecular weight is 840 g/mol. The lowest BCUT2D eigenvalue weighted by Crippen LogP contribution is -2.34. The van der Waals surface area contributed by atoms with Crippen molar-refractivity contribution in [3.8, 4) is 0 Å². The first-order valence-corrected chi connectivity index (χ1v) is 23.3. The molecule has 0 aliphatic carbocycles. The Kier molecular flexibility index (Phi) is 25.1. The monoisotopic (exact) mass is 839 g/mol. The summed E-state index contributed by atoms with van der Waals surface area (Å²) in [7, 11) is -4.74. The summed E-state index contributed by atoms with van der Waals surface area (Å²) in [6, 6.07) is -1.53. The molecule has 0 aliphatic rings. The lowest BCUT2D eigenvalue weighted by molar-refractivity contribution is -0.161. The summed E-state index contributed by atoms with van der Waals surface area (Å²) in [4.78, 5) is 46.2. The molecule has 3 atom stereocenters. The molecular weight excluding hydrogens is 765 g/mol. The summed E-state index contributed by atoms with van der Waals surface area (Å²) in [5.74, 6) is 2.01. The van der Waals surface area contributed by atoms with E-state index in [1.54, 1.807) is 0 Å². The Balaban J connectivity index is 1.67. The number of carbonyl (C=O) groups excluding carboxylic acids is 2. The van der Waals surface area contributed by atoms with Crippen LogP contribution in [-0.4, -0.2) is 59.9 Å². The number of esters is 2. The first kappa shape index (κ1) is 51.2. The van der Waals surface area contributed by atoms with Gasteiger partial charge in [-0.15, -0.1) is 0 Å². The van der Waals surface area contributed by atoms with Crippen molar-refractivity contribution in [2.75, 3.05) is 19.8 Å². The van der Waals surface area contributed by atoms with Crippen molar-refractivity contribution in [1.82, 2.24) is 0 Å². The van der Waals surface area contributed by atoms with Crippen LogP contribution in [0.1, 0.15) is 175 Å². The van der Waals surface area contributed by atoms with Crippen molar-refractivity contribution in [3.63, 3.8) is 0 Å². The van der Waals surface area contributed by atoms with Gasteiger partial charge in [0.05, 0.1) is 13.2 Å². The molecule has 0 aliphatic heterocycles. The fraction of sp³-hybridized carbons (Fsp3) is 0.750. The predicted octanol–water partition coefficient (Wildman–Crippen LogP) is 10.0. The normalized spacial score (nSPS) is 13.7. The van der Waals surface area contributed by atoms with Gasteiger partial charge in [-0.25, -0.2) is 4.57 Å². The van der Waals surface area contributed by atoms with Crippen molar-refractivity contribution in [3.05, 3.63) is 45.3 Å². The number of phosphoric ester groups is 1. The van der Waals surface area contributed by atoms with Gasteiger partial charge in [0, 0.05) is 38.5 Å². The zero-order valence-electron chi connectivity index (χ0n) is 36.3. The molecule has 0 spiro atoms. The maximum absolute atomic E-state index is 12.7. The number of aryl methyl sites for hydroxylation is 4. The van der Waals surface area contributed by atoms with Gasteiger partial charge in [-0.05, 0) is 88.5 Å². The number of aliphatic carboxylic acids is 1. The van der Waals surface area contributed by atoms with Gasteiger partial charge in [0.25, 0.3) is 0 Å². The maximum atomic E-state index is 12.7. The molecule has 14 heteroatoms. The van der Waals surface area contributed by atoms with Crippen LogP contribution in [0.2, 0.25) is 0 Å². The number of hydrogen-bond donors (Lipinski definition) is 3. The van der Waals surface area contributed by atoms with Crippen LogP contribution < -0.4 is 5.73 Å². The quantitative estimate of drug-likeness (QED) is 0.0342. The van der Waals surface area contributed by atoms with E-state index < -0.39 is 51.1 Å². The van der Waals surface area contributed by atoms with Crippen LogP contribution >= 0.6 is 7.82 Å². The van der Waals surface area contributed by atoms with Gasteiger partial charge in [0.15, 0.2) is 6.10 Å². The number of hydrogen-bond acceptors (Lipinski definition) is 11. The molecule has 0 saturated heterocycles. The Labute approximate surface area is 347 Å². The van der Waals surface area contributed by atoms with Gasteiger partial charge in [-0.2, -0.15) is 0 Å². The van der Waals surface area contributed by atoms with Gasteiger partial charge in [-0.3, -0.25) is 23.4 Å². The van der Waals surface area contributed by atoms with E-state index in [0.29, 0.717) is 12.8 Å². The number of rotatable bonds is 34. The molecule has 0 amide bonds. The number of carboxylic acids is 1. The minimum Gasteiger partial charge on any atom is -0.480 e. The standard InChI is InChI=1S/C44H74NO12P/c1-7-23-38-32(3)34(5)40(56-38)25-19-15-11-9-10-12-18-22-28-43(47)55-36(30-53-58(50,51)54-31-37(45)44(48)49)29-52-42(46)27-21-17-14-13-16-20-26-41-35(6)33(4)39(57-41)24-8-2/h36-37H,7-31,45H2,1-6H3,(H,48,49)(H,50,51). The lowest BCUT2D eigenvalue weighted by atomic mass is 10.0. The van der Waals surface area contributed by atoms with Gasteiger partial charge >= 0.3 is 25.7 Å². The Morgan fingerprint density at radius 1 is 0.586 bits per heavy atom. The Morgan fingerprint density at radius 2 is 0.966 bits per heavy atom. The molecule has 2 heterocycles. The average Bonchev–Trinajstić information content (AvgIpc) is 3.61. The van der Waals surface area contributed by atoms with Crippen molar-refractivity contribution in [2.24, 2.45) is 5.73 Å². The molecule has 4 N–H and O–H groups in total. The third-order valence-corrected chi connectivity index (χ3v) is 11.7. The van der Waals surface area contributed by atoms with Crippen LogP contribution in [0, 0.1) is 27.7 Å². The number of nitrogens with two attached hydrogens (primary N) is 1. The van der Waals surface area contributed by atoms with E-state index in [0.717, 1.165) is 139 Å². The molecule has 3 unspecified atom stereocenters. The van der Waals surface area contributed by atoms with Crippen LogP contribution in [0.25, 0.3) is 0 Å². The molecule has 58 heavy (non-hydrogen) atoms. The fourth-order valence-corrected chi connectivity index (χ4v) is 7.58. The number of ether oxygens (including phenoxy) is 2. The van der Waals surface area contributed by atoms with E-state index in [1.807, 2.05) is 0 Å². The first-order chi connectivity index (χ1) is 27.7. The minimum atomic E-state index is -4.74. The summed E-state index contributed by atoms with van der Waals surface area (Å²) in [5, 5.41) is 8.91. The number of phosphoric acid groups is 1. The first-order valence-electron chi connectivity index (χ1n) is 21.8. The number of carboxylic acid groups (broad SMARTS) is 1. The third kappa shape index (κ3) is 20.3. The molecule has 0 bridgehead atoms. The molecule has 0 fully saturated rings. The Bertz CT molecular complexity index is 1550. The smallest absolute Gasteiger partial charge is 0.472 e. The topological polar surface area (TPSA) is 198 Å². The van der Waals surface area contributed by atoms with E-state index >= 15 is 0 Å². The highest BCUT2D eigenvalue weighted by Gasteiger charge is 2.28. The third-order valence-electron chi connectivity index (χ3n) is 10.7. The van der Waals surface area contributed by atoms with E-state index in [-0.39, 0.29) is 19.4 Å². The zero-order chi connectivity index (χ0) is 42.9. The second-order valence-electron chi connectivity index (χ2n) is 15.6. The highest BCUT2D eigenvalue weighted by atomic mass is 31.2. The van der Waals surface area contributed by atoms with Crippen molar-refractivity contribution in [1.29, 1.82) is 0 Å². The predicted molar refractivity (Wildman–Crippen MR) is 224 cm³/mol. The van der Waals surface area contributed by atoms with Crippen molar-refractivity contribution < 1.29 is 56.3 Å². The van der Waals surface area contributed by atoms with E-state index in [9.17, 15) is 23.8 Å². The van der Waals surface area contributed by atoms with Crippen LogP contribution in [0.3, 0.4) is 0 Å².